The summed E-state index contributed by atoms with van der Waals surface area (Å²) < 4.78 is 10.8. The summed E-state index contributed by atoms with van der Waals surface area (Å²) in [6, 6.07) is 16.8. The molecule has 0 radical (unpaired) electrons. The van der Waals surface area contributed by atoms with Crippen LogP contribution < -0.4 is 4.74 Å². The molecule has 0 heterocycles. The Bertz CT molecular complexity index is 573. The molecule has 0 fully saturated rings. The highest BCUT2D eigenvalue weighted by atomic mass is 16.5. The van der Waals surface area contributed by atoms with Crippen LogP contribution in [0.5, 0.6) is 11.5 Å². The van der Waals surface area contributed by atoms with Gasteiger partial charge in [0.1, 0.15) is 11.5 Å². The molecule has 0 bridgehead atoms. The molecule has 0 spiro atoms. The van der Waals surface area contributed by atoms with Crippen molar-refractivity contribution in [3.05, 3.63) is 59.7 Å². The van der Waals surface area contributed by atoms with Gasteiger partial charge in [0.2, 0.25) is 0 Å². The van der Waals surface area contributed by atoms with Gasteiger partial charge in [-0.3, -0.25) is 0 Å². The Morgan fingerprint density at radius 3 is 2.30 bits per heavy atom. The maximum atomic E-state index is 8.82. The Morgan fingerprint density at radius 1 is 1.00 bits per heavy atom. The first-order valence-electron chi connectivity index (χ1n) is 6.58. The lowest BCUT2D eigenvalue weighted by atomic mass is 10.2. The Kier molecular flexibility index (Phi) is 6.88. The molecule has 0 unspecified atom stereocenters. The van der Waals surface area contributed by atoms with Gasteiger partial charge in [-0.1, -0.05) is 32.0 Å². The van der Waals surface area contributed by atoms with Crippen molar-refractivity contribution in [1.82, 2.24) is 0 Å². The van der Waals surface area contributed by atoms with E-state index < -0.39 is 0 Å². The highest BCUT2D eigenvalue weighted by Gasteiger charge is 2.00. The Morgan fingerprint density at radius 2 is 1.65 bits per heavy atom. The van der Waals surface area contributed by atoms with Crippen LogP contribution in [-0.2, 0) is 11.3 Å². The molecule has 104 valence electrons. The normalized spacial score (nSPS) is 9.10. The van der Waals surface area contributed by atoms with Crippen LogP contribution >= 0.6 is 0 Å². The maximum absolute atomic E-state index is 8.82. The lowest BCUT2D eigenvalue weighted by Gasteiger charge is -2.07. The van der Waals surface area contributed by atoms with Crippen molar-refractivity contribution in [2.24, 2.45) is 0 Å². The predicted molar refractivity (Wildman–Crippen MR) is 79.7 cm³/mol. The molecule has 0 aromatic heterocycles. The van der Waals surface area contributed by atoms with Crippen LogP contribution in [0.4, 0.5) is 0 Å². The first-order valence-corrected chi connectivity index (χ1v) is 6.58. The summed E-state index contributed by atoms with van der Waals surface area (Å²) in [7, 11) is 1.66. The van der Waals surface area contributed by atoms with Gasteiger partial charge >= 0.3 is 0 Å². The van der Waals surface area contributed by atoms with Crippen molar-refractivity contribution < 1.29 is 9.47 Å². The molecule has 0 N–H and O–H groups in total. The van der Waals surface area contributed by atoms with E-state index in [-0.39, 0.29) is 0 Å². The van der Waals surface area contributed by atoms with Crippen LogP contribution in [0.15, 0.2) is 48.5 Å². The second-order valence-electron chi connectivity index (χ2n) is 3.82. The first-order chi connectivity index (χ1) is 9.81. The van der Waals surface area contributed by atoms with E-state index in [1.54, 1.807) is 25.3 Å². The molecule has 3 nitrogen and oxygen atoms in total. The van der Waals surface area contributed by atoms with E-state index in [1.165, 1.54) is 0 Å². The molecule has 2 rings (SSSR count). The zero-order valence-corrected chi connectivity index (χ0v) is 12.1. The second-order valence-corrected chi connectivity index (χ2v) is 3.82. The summed E-state index contributed by atoms with van der Waals surface area (Å²) >= 11 is 0. The summed E-state index contributed by atoms with van der Waals surface area (Å²) in [6.45, 7) is 4.55. The van der Waals surface area contributed by atoms with E-state index in [0.29, 0.717) is 17.9 Å². The molecule has 0 aliphatic rings. The minimum absolute atomic E-state index is 0.551. The van der Waals surface area contributed by atoms with Gasteiger partial charge in [0.15, 0.2) is 0 Å². The third kappa shape index (κ3) is 4.75. The smallest absolute Gasteiger partial charge is 0.128 e. The van der Waals surface area contributed by atoms with Crippen LogP contribution in [0.25, 0.3) is 0 Å². The van der Waals surface area contributed by atoms with E-state index in [4.69, 9.17) is 14.7 Å². The summed E-state index contributed by atoms with van der Waals surface area (Å²) in [5.74, 6) is 1.39. The van der Waals surface area contributed by atoms with Gasteiger partial charge in [0.05, 0.1) is 18.2 Å². The molecule has 3 heteroatoms. The average Bonchev–Trinajstić information content (AvgIpc) is 2.50. The summed E-state index contributed by atoms with van der Waals surface area (Å²) in [4.78, 5) is 0. The van der Waals surface area contributed by atoms with Crippen molar-refractivity contribution in [2.45, 2.75) is 20.5 Å². The molecule has 0 atom stereocenters. The van der Waals surface area contributed by atoms with Crippen LogP contribution in [0, 0.1) is 11.3 Å². The molecule has 0 aliphatic heterocycles. The van der Waals surface area contributed by atoms with Gasteiger partial charge in [-0.2, -0.15) is 5.26 Å². The summed E-state index contributed by atoms with van der Waals surface area (Å²) in [5, 5.41) is 8.82. The molecule has 2 aromatic carbocycles. The van der Waals surface area contributed by atoms with E-state index in [1.807, 2.05) is 44.2 Å². The standard InChI is InChI=1S/C15H13NO2.C2H6/c1-17-11-13-5-3-7-15(9-13)18-14-6-2-4-12(8-14)10-16;1-2/h2-9H,11H2,1H3;1-2H3. The van der Waals surface area contributed by atoms with Crippen molar-refractivity contribution in [3.8, 4) is 17.6 Å². The minimum atomic E-state index is 0.551. The molecule has 0 saturated carbocycles. The third-order valence-corrected chi connectivity index (χ3v) is 2.41. The van der Waals surface area contributed by atoms with Crippen molar-refractivity contribution in [3.63, 3.8) is 0 Å². The van der Waals surface area contributed by atoms with Crippen LogP contribution in [0.1, 0.15) is 25.0 Å². The van der Waals surface area contributed by atoms with Gasteiger partial charge in [-0.25, -0.2) is 0 Å². The number of nitriles is 1. The van der Waals surface area contributed by atoms with Gasteiger partial charge in [0.25, 0.3) is 0 Å². The monoisotopic (exact) mass is 269 g/mol. The van der Waals surface area contributed by atoms with Crippen molar-refractivity contribution >= 4 is 0 Å². The predicted octanol–water partition coefficient (Wildman–Crippen LogP) is 4.52. The van der Waals surface area contributed by atoms with Gasteiger partial charge in [-0.05, 0) is 35.9 Å². The number of rotatable bonds is 4. The van der Waals surface area contributed by atoms with E-state index in [2.05, 4.69) is 6.07 Å². The number of benzene rings is 2. The number of nitrogens with zero attached hydrogens (tertiary/aromatic N) is 1. The minimum Gasteiger partial charge on any atom is -0.457 e. The summed E-state index contributed by atoms with van der Waals surface area (Å²) in [5.41, 5.74) is 1.63. The molecule has 2 aromatic rings. The van der Waals surface area contributed by atoms with Crippen LogP contribution in [0.2, 0.25) is 0 Å². The van der Waals surface area contributed by atoms with Crippen LogP contribution in [0.3, 0.4) is 0 Å². The fourth-order valence-electron chi connectivity index (χ4n) is 1.63. The second kappa shape index (κ2) is 8.73. The fourth-order valence-corrected chi connectivity index (χ4v) is 1.63. The average molecular weight is 269 g/mol. The molecule has 0 amide bonds. The number of hydrogen-bond donors (Lipinski definition) is 0. The lowest BCUT2D eigenvalue weighted by molar-refractivity contribution is 0.184. The maximum Gasteiger partial charge on any atom is 0.128 e. The number of hydrogen-bond acceptors (Lipinski definition) is 3. The molecular weight excluding hydrogens is 250 g/mol. The van der Waals surface area contributed by atoms with Crippen molar-refractivity contribution in [2.75, 3.05) is 7.11 Å². The lowest BCUT2D eigenvalue weighted by Crippen LogP contribution is -1.89. The topological polar surface area (TPSA) is 42.2 Å². The molecular formula is C17H19NO2. The summed E-state index contributed by atoms with van der Waals surface area (Å²) in [6.07, 6.45) is 0. The Labute approximate surface area is 120 Å². The van der Waals surface area contributed by atoms with E-state index in [9.17, 15) is 0 Å². The number of ether oxygens (including phenoxy) is 2. The largest absolute Gasteiger partial charge is 0.457 e. The van der Waals surface area contributed by atoms with E-state index in [0.717, 1.165) is 11.3 Å². The molecule has 0 saturated heterocycles. The first kappa shape index (κ1) is 15.7. The number of methoxy groups -OCH3 is 1. The molecule has 0 aliphatic carbocycles. The van der Waals surface area contributed by atoms with E-state index >= 15 is 0 Å². The third-order valence-electron chi connectivity index (χ3n) is 2.41. The van der Waals surface area contributed by atoms with Gasteiger partial charge < -0.3 is 9.47 Å². The highest BCUT2D eigenvalue weighted by molar-refractivity contribution is 5.39. The zero-order valence-electron chi connectivity index (χ0n) is 12.1. The van der Waals surface area contributed by atoms with Gasteiger partial charge in [0, 0.05) is 7.11 Å². The van der Waals surface area contributed by atoms with Crippen molar-refractivity contribution in [1.29, 1.82) is 5.26 Å². The van der Waals surface area contributed by atoms with Gasteiger partial charge in [-0.15, -0.1) is 0 Å². The molecule has 20 heavy (non-hydrogen) atoms. The SMILES string of the molecule is CC.COCc1cccc(Oc2cccc(C#N)c2)c1. The quantitative estimate of drug-likeness (QED) is 0.819. The zero-order chi connectivity index (χ0) is 14.8. The van der Waals surface area contributed by atoms with Crippen LogP contribution in [-0.4, -0.2) is 7.11 Å². The fraction of sp³-hybridized carbons (Fsp3) is 0.235. The highest BCUT2D eigenvalue weighted by Crippen LogP contribution is 2.23. The Hall–Kier alpha value is -2.31. The Balaban J connectivity index is 0.000000956.